The maximum absolute atomic E-state index is 11.2. The lowest BCUT2D eigenvalue weighted by Gasteiger charge is -2.21. The van der Waals surface area contributed by atoms with Gasteiger partial charge in [-0.1, -0.05) is 26.2 Å². The average Bonchev–Trinajstić information content (AvgIpc) is 2.61. The quantitative estimate of drug-likeness (QED) is 0.278. The van der Waals surface area contributed by atoms with Gasteiger partial charge in [0.15, 0.2) is 0 Å². The molecule has 1 fully saturated rings. The van der Waals surface area contributed by atoms with Gasteiger partial charge in [0.1, 0.15) is 0 Å². The van der Waals surface area contributed by atoms with Gasteiger partial charge in [-0.25, -0.2) is 5.84 Å². The lowest BCUT2D eigenvalue weighted by molar-refractivity contribution is -0.122. The van der Waals surface area contributed by atoms with Crippen LogP contribution in [-0.2, 0) is 4.79 Å². The summed E-state index contributed by atoms with van der Waals surface area (Å²) in [5, 5.41) is 9.88. The summed E-state index contributed by atoms with van der Waals surface area (Å²) < 4.78 is 0. The van der Waals surface area contributed by atoms with Gasteiger partial charge in [0.05, 0.1) is 6.10 Å². The van der Waals surface area contributed by atoms with Crippen molar-refractivity contribution < 1.29 is 9.90 Å². The summed E-state index contributed by atoms with van der Waals surface area (Å²) in [5.41, 5.74) is 2.17. The lowest BCUT2D eigenvalue weighted by atomic mass is 9.87. The minimum Gasteiger partial charge on any atom is -0.393 e. The molecule has 4 nitrogen and oxygen atoms in total. The second-order valence-corrected chi connectivity index (χ2v) is 4.84. The lowest BCUT2D eigenvalue weighted by Crippen LogP contribution is -2.33. The minimum absolute atomic E-state index is 0.111. The number of carbonyl (C=O) groups excluding carboxylic acids is 1. The maximum atomic E-state index is 11.2. The Balaban J connectivity index is 2.39. The van der Waals surface area contributed by atoms with Crippen molar-refractivity contribution in [3.8, 4) is 0 Å². The first-order valence-electron chi connectivity index (χ1n) is 6.36. The zero-order chi connectivity index (χ0) is 12.0. The Bertz CT molecular complexity index is 221. The third kappa shape index (κ3) is 3.76. The minimum atomic E-state index is -0.215. The number of hydrazine groups is 1. The Hall–Kier alpha value is -0.610. The molecule has 0 aromatic rings. The van der Waals surface area contributed by atoms with E-state index in [9.17, 15) is 9.90 Å². The molecule has 3 atom stereocenters. The fraction of sp³-hybridized carbons (Fsp3) is 0.917. The van der Waals surface area contributed by atoms with Crippen molar-refractivity contribution >= 4 is 5.91 Å². The summed E-state index contributed by atoms with van der Waals surface area (Å²) in [5.74, 6) is 5.59. The molecule has 1 aliphatic rings. The molecule has 0 aromatic carbocycles. The number of carbonyl (C=O) groups is 1. The Morgan fingerprint density at radius 3 is 2.81 bits per heavy atom. The molecule has 4 N–H and O–H groups in total. The molecule has 1 rings (SSSR count). The van der Waals surface area contributed by atoms with E-state index in [-0.39, 0.29) is 12.0 Å². The van der Waals surface area contributed by atoms with Crippen molar-refractivity contribution in [2.75, 3.05) is 0 Å². The number of nitrogens with one attached hydrogen (secondary N) is 1. The average molecular weight is 228 g/mol. The van der Waals surface area contributed by atoms with Crippen LogP contribution < -0.4 is 11.3 Å². The summed E-state index contributed by atoms with van der Waals surface area (Å²) >= 11 is 0. The van der Waals surface area contributed by atoms with Crippen LogP contribution in [0.4, 0.5) is 0 Å². The highest BCUT2D eigenvalue weighted by atomic mass is 16.3. The van der Waals surface area contributed by atoms with E-state index in [0.717, 1.165) is 25.7 Å². The van der Waals surface area contributed by atoms with Gasteiger partial charge >= 0.3 is 0 Å². The van der Waals surface area contributed by atoms with Gasteiger partial charge in [-0.3, -0.25) is 10.2 Å². The van der Waals surface area contributed by atoms with E-state index in [2.05, 4.69) is 12.3 Å². The van der Waals surface area contributed by atoms with Crippen LogP contribution >= 0.6 is 0 Å². The number of nitrogens with two attached hydrogens (primary N) is 1. The Labute approximate surface area is 97.6 Å². The standard InChI is InChI=1S/C12H24N2O2/c1-2-3-4-5-10-9(6-7-11(10)15)8-12(16)14-13/h9-11,15H,2-8,13H2,1H3,(H,14,16)/t9-,10-,11+/m0/s1. The second-order valence-electron chi connectivity index (χ2n) is 4.84. The monoisotopic (exact) mass is 228 g/mol. The zero-order valence-electron chi connectivity index (χ0n) is 10.1. The van der Waals surface area contributed by atoms with Crippen LogP contribution in [0.3, 0.4) is 0 Å². The first-order valence-corrected chi connectivity index (χ1v) is 6.36. The van der Waals surface area contributed by atoms with Crippen LogP contribution in [0.5, 0.6) is 0 Å². The Kier molecular flexibility index (Phi) is 5.77. The molecule has 0 spiro atoms. The molecule has 0 saturated heterocycles. The highest BCUT2D eigenvalue weighted by Crippen LogP contribution is 2.37. The molecule has 1 saturated carbocycles. The first kappa shape index (κ1) is 13.5. The third-order valence-corrected chi connectivity index (χ3v) is 3.68. The summed E-state index contributed by atoms with van der Waals surface area (Å²) in [6.45, 7) is 2.17. The van der Waals surface area contributed by atoms with E-state index in [1.54, 1.807) is 0 Å². The van der Waals surface area contributed by atoms with E-state index in [1.807, 2.05) is 0 Å². The highest BCUT2D eigenvalue weighted by molar-refractivity contribution is 5.75. The molecule has 0 aromatic heterocycles. The van der Waals surface area contributed by atoms with E-state index < -0.39 is 0 Å². The molecule has 4 heteroatoms. The van der Waals surface area contributed by atoms with Gasteiger partial charge in [0.25, 0.3) is 0 Å². The summed E-state index contributed by atoms with van der Waals surface area (Å²) in [7, 11) is 0. The molecular weight excluding hydrogens is 204 g/mol. The maximum Gasteiger partial charge on any atom is 0.234 e. The van der Waals surface area contributed by atoms with Crippen LogP contribution in [0.25, 0.3) is 0 Å². The molecule has 0 unspecified atom stereocenters. The van der Waals surface area contributed by atoms with E-state index in [1.165, 1.54) is 12.8 Å². The van der Waals surface area contributed by atoms with Gasteiger partial charge < -0.3 is 5.11 Å². The Morgan fingerprint density at radius 1 is 1.44 bits per heavy atom. The predicted molar refractivity (Wildman–Crippen MR) is 63.3 cm³/mol. The fourth-order valence-corrected chi connectivity index (χ4v) is 2.74. The third-order valence-electron chi connectivity index (χ3n) is 3.68. The number of hydrogen-bond donors (Lipinski definition) is 3. The smallest absolute Gasteiger partial charge is 0.234 e. The molecule has 16 heavy (non-hydrogen) atoms. The number of unbranched alkanes of at least 4 members (excludes halogenated alkanes) is 2. The normalized spacial score (nSPS) is 29.3. The largest absolute Gasteiger partial charge is 0.393 e. The first-order chi connectivity index (χ1) is 7.69. The van der Waals surface area contributed by atoms with E-state index >= 15 is 0 Å². The SMILES string of the molecule is CCCCC[C@H]1[C@H](CC(=O)NN)CC[C@H]1O. The predicted octanol–water partition coefficient (Wildman–Crippen LogP) is 1.33. The van der Waals surface area contributed by atoms with Gasteiger partial charge in [0.2, 0.25) is 5.91 Å². The van der Waals surface area contributed by atoms with Gasteiger partial charge in [-0.2, -0.15) is 0 Å². The summed E-state index contributed by atoms with van der Waals surface area (Å²) in [6.07, 6.45) is 6.62. The van der Waals surface area contributed by atoms with Crippen LogP contribution in [0, 0.1) is 11.8 Å². The molecule has 1 amide bonds. The molecule has 94 valence electrons. The van der Waals surface area contributed by atoms with Gasteiger partial charge in [0, 0.05) is 6.42 Å². The zero-order valence-corrected chi connectivity index (χ0v) is 10.1. The number of aliphatic hydroxyl groups excluding tert-OH is 1. The van der Waals surface area contributed by atoms with Gasteiger partial charge in [-0.15, -0.1) is 0 Å². The molecule has 1 aliphatic carbocycles. The molecule has 0 radical (unpaired) electrons. The number of hydrogen-bond acceptors (Lipinski definition) is 3. The van der Waals surface area contributed by atoms with Crippen molar-refractivity contribution in [2.24, 2.45) is 17.7 Å². The fourth-order valence-electron chi connectivity index (χ4n) is 2.74. The van der Waals surface area contributed by atoms with Crippen molar-refractivity contribution in [3.05, 3.63) is 0 Å². The van der Waals surface area contributed by atoms with Crippen molar-refractivity contribution in [3.63, 3.8) is 0 Å². The summed E-state index contributed by atoms with van der Waals surface area (Å²) in [4.78, 5) is 11.2. The van der Waals surface area contributed by atoms with Crippen molar-refractivity contribution in [1.29, 1.82) is 0 Å². The van der Waals surface area contributed by atoms with Crippen LogP contribution in [0.1, 0.15) is 51.9 Å². The second kappa shape index (κ2) is 6.86. The number of amides is 1. The Morgan fingerprint density at radius 2 is 2.19 bits per heavy atom. The molecule has 0 heterocycles. The van der Waals surface area contributed by atoms with Crippen LogP contribution in [0.2, 0.25) is 0 Å². The van der Waals surface area contributed by atoms with Gasteiger partial charge in [-0.05, 0) is 31.1 Å². The molecule has 0 bridgehead atoms. The number of aliphatic hydroxyl groups is 1. The van der Waals surface area contributed by atoms with Crippen LogP contribution in [-0.4, -0.2) is 17.1 Å². The topological polar surface area (TPSA) is 75.4 Å². The molecular formula is C12H24N2O2. The van der Waals surface area contributed by atoms with E-state index in [4.69, 9.17) is 5.84 Å². The van der Waals surface area contributed by atoms with Crippen LogP contribution in [0.15, 0.2) is 0 Å². The highest BCUT2D eigenvalue weighted by Gasteiger charge is 2.35. The van der Waals surface area contributed by atoms with E-state index in [0.29, 0.717) is 18.3 Å². The number of rotatable bonds is 6. The van der Waals surface area contributed by atoms with Crippen molar-refractivity contribution in [2.45, 2.75) is 58.0 Å². The summed E-state index contributed by atoms with van der Waals surface area (Å²) in [6, 6.07) is 0. The molecule has 0 aliphatic heterocycles. The van der Waals surface area contributed by atoms with Crippen molar-refractivity contribution in [1.82, 2.24) is 5.43 Å².